The van der Waals surface area contributed by atoms with Crippen molar-refractivity contribution in [2.75, 3.05) is 31.7 Å². The van der Waals surface area contributed by atoms with E-state index in [9.17, 15) is 8.42 Å². The number of nitrogen functional groups attached to an aromatic ring is 1. The average Bonchev–Trinajstić information content (AvgIpc) is 3.47. The van der Waals surface area contributed by atoms with Crippen molar-refractivity contribution in [1.82, 2.24) is 39.2 Å². The van der Waals surface area contributed by atoms with Gasteiger partial charge in [0.05, 0.1) is 29.9 Å². The summed E-state index contributed by atoms with van der Waals surface area (Å²) in [6.45, 7) is 2.57. The quantitative estimate of drug-likeness (QED) is 0.329. The highest BCUT2D eigenvalue weighted by atomic mass is 32.2. The standard InChI is InChI=1S/C27H33N9O3S/c1-40(37,38)34-15-22(25(34)18-5-6-18)29-13-17-3-2-4-19(11-17)23-12-21(26-27(28)30-16-32-36(23)26)24-14-31-33-35(24)20-7-9-39-10-8-20/h2-4,11-12,14,16,18,20,22,25,29H,5-10,13,15H2,1H3,(H2,28,30,32). The van der Waals surface area contributed by atoms with Crippen LogP contribution in [0.2, 0.25) is 0 Å². The van der Waals surface area contributed by atoms with E-state index in [4.69, 9.17) is 10.5 Å². The number of anilines is 1. The average molecular weight is 564 g/mol. The summed E-state index contributed by atoms with van der Waals surface area (Å²) in [5, 5.41) is 16.8. The molecule has 3 N–H and O–H groups in total. The van der Waals surface area contributed by atoms with Crippen molar-refractivity contribution in [2.24, 2.45) is 5.92 Å². The Hall–Kier alpha value is -3.39. The van der Waals surface area contributed by atoms with Gasteiger partial charge in [0, 0.05) is 49.5 Å². The minimum absolute atomic E-state index is 0.0594. The molecule has 3 aliphatic rings. The molecule has 2 aliphatic heterocycles. The molecule has 13 heteroatoms. The van der Waals surface area contributed by atoms with Gasteiger partial charge in [-0.1, -0.05) is 23.4 Å². The second-order valence-electron chi connectivity index (χ2n) is 11.1. The molecule has 0 bridgehead atoms. The Morgan fingerprint density at radius 3 is 2.73 bits per heavy atom. The lowest BCUT2D eigenvalue weighted by molar-refractivity contribution is 0.0662. The van der Waals surface area contributed by atoms with Crippen LogP contribution in [-0.2, 0) is 21.3 Å². The molecular formula is C27H33N9O3S. The zero-order chi connectivity index (χ0) is 27.4. The lowest BCUT2D eigenvalue weighted by atomic mass is 9.95. The maximum atomic E-state index is 12.2. The summed E-state index contributed by atoms with van der Waals surface area (Å²) in [4.78, 5) is 4.28. The maximum Gasteiger partial charge on any atom is 0.211 e. The highest BCUT2D eigenvalue weighted by molar-refractivity contribution is 7.88. The largest absolute Gasteiger partial charge is 0.382 e. The van der Waals surface area contributed by atoms with Gasteiger partial charge in [0.25, 0.3) is 0 Å². The van der Waals surface area contributed by atoms with Gasteiger partial charge in [-0.3, -0.25) is 0 Å². The van der Waals surface area contributed by atoms with Crippen LogP contribution in [0.1, 0.15) is 37.3 Å². The Balaban J connectivity index is 1.18. The summed E-state index contributed by atoms with van der Waals surface area (Å²) in [6.07, 6.45) is 8.50. The predicted octanol–water partition coefficient (Wildman–Crippen LogP) is 2.10. The van der Waals surface area contributed by atoms with Crippen LogP contribution in [0.3, 0.4) is 0 Å². The topological polar surface area (TPSA) is 146 Å². The Morgan fingerprint density at radius 2 is 1.95 bits per heavy atom. The van der Waals surface area contributed by atoms with E-state index in [1.54, 1.807) is 10.5 Å². The highest BCUT2D eigenvalue weighted by Crippen LogP contribution is 2.42. The van der Waals surface area contributed by atoms with Crippen LogP contribution in [0, 0.1) is 5.92 Å². The molecule has 2 atom stereocenters. The third-order valence-corrected chi connectivity index (χ3v) is 9.66. The monoisotopic (exact) mass is 563 g/mol. The van der Waals surface area contributed by atoms with Crippen LogP contribution in [0.4, 0.5) is 5.82 Å². The number of nitrogens with two attached hydrogens (primary N) is 1. The molecule has 1 saturated carbocycles. The van der Waals surface area contributed by atoms with E-state index in [1.807, 2.05) is 15.3 Å². The van der Waals surface area contributed by atoms with Crippen molar-refractivity contribution in [2.45, 2.75) is 50.4 Å². The van der Waals surface area contributed by atoms with Gasteiger partial charge < -0.3 is 15.8 Å². The van der Waals surface area contributed by atoms with Gasteiger partial charge in [-0.25, -0.2) is 22.6 Å². The number of ether oxygens (including phenoxy) is 1. The summed E-state index contributed by atoms with van der Waals surface area (Å²) in [5.41, 5.74) is 11.9. The number of rotatable bonds is 8. The van der Waals surface area contributed by atoms with Crippen molar-refractivity contribution in [3.63, 3.8) is 0 Å². The number of sulfonamides is 1. The molecule has 4 aromatic rings. The Morgan fingerprint density at radius 1 is 1.12 bits per heavy atom. The van der Waals surface area contributed by atoms with Gasteiger partial charge in [-0.05, 0) is 49.3 Å². The number of hydrogen-bond donors (Lipinski definition) is 2. The van der Waals surface area contributed by atoms with E-state index in [0.29, 0.717) is 38.0 Å². The molecule has 3 fully saturated rings. The molecule has 0 radical (unpaired) electrons. The number of fused-ring (bicyclic) bond motifs is 1. The molecule has 2 unspecified atom stereocenters. The molecule has 0 spiro atoms. The van der Waals surface area contributed by atoms with Crippen molar-refractivity contribution < 1.29 is 13.2 Å². The fourth-order valence-corrected chi connectivity index (χ4v) is 7.42. The lowest BCUT2D eigenvalue weighted by Gasteiger charge is -2.47. The van der Waals surface area contributed by atoms with Crippen molar-refractivity contribution in [1.29, 1.82) is 0 Å². The summed E-state index contributed by atoms with van der Waals surface area (Å²) < 4.78 is 35.4. The van der Waals surface area contributed by atoms with E-state index >= 15 is 0 Å². The van der Waals surface area contributed by atoms with Crippen LogP contribution in [0.5, 0.6) is 0 Å². The summed E-state index contributed by atoms with van der Waals surface area (Å²) >= 11 is 0. The van der Waals surface area contributed by atoms with Crippen molar-refractivity contribution in [3.8, 4) is 22.5 Å². The van der Waals surface area contributed by atoms with E-state index < -0.39 is 10.0 Å². The highest BCUT2D eigenvalue weighted by Gasteiger charge is 2.51. The summed E-state index contributed by atoms with van der Waals surface area (Å²) in [5.74, 6) is 0.854. The molecule has 1 aromatic carbocycles. The Labute approximate surface area is 232 Å². The lowest BCUT2D eigenvalue weighted by Crippen LogP contribution is -2.67. The smallest absolute Gasteiger partial charge is 0.211 e. The zero-order valence-electron chi connectivity index (χ0n) is 22.3. The van der Waals surface area contributed by atoms with Crippen LogP contribution in [0.25, 0.3) is 28.0 Å². The normalized spacial score (nSPS) is 22.5. The Bertz CT molecular complexity index is 1660. The summed E-state index contributed by atoms with van der Waals surface area (Å²) in [6, 6.07) is 10.8. The molecule has 210 valence electrons. The van der Waals surface area contributed by atoms with Crippen molar-refractivity contribution >= 4 is 21.4 Å². The van der Waals surface area contributed by atoms with E-state index in [2.05, 4.69) is 50.0 Å². The second kappa shape index (κ2) is 9.91. The zero-order valence-corrected chi connectivity index (χ0v) is 23.2. The predicted molar refractivity (Wildman–Crippen MR) is 150 cm³/mol. The number of nitrogens with zero attached hydrogens (tertiary/aromatic N) is 7. The first-order valence-corrected chi connectivity index (χ1v) is 15.6. The molecule has 12 nitrogen and oxygen atoms in total. The number of hydrogen-bond acceptors (Lipinski definition) is 9. The Kier molecular flexibility index (Phi) is 6.33. The minimum Gasteiger partial charge on any atom is -0.382 e. The fourth-order valence-electron chi connectivity index (χ4n) is 6.22. The van der Waals surface area contributed by atoms with Gasteiger partial charge in [-0.2, -0.15) is 9.40 Å². The molecule has 5 heterocycles. The van der Waals surface area contributed by atoms with Gasteiger partial charge in [0.1, 0.15) is 11.8 Å². The van der Waals surface area contributed by atoms with Crippen LogP contribution < -0.4 is 11.1 Å². The molecule has 1 aliphatic carbocycles. The molecule has 2 saturated heterocycles. The van der Waals surface area contributed by atoms with Crippen LogP contribution >= 0.6 is 0 Å². The number of benzene rings is 1. The van der Waals surface area contributed by atoms with E-state index in [1.165, 1.54) is 12.6 Å². The van der Waals surface area contributed by atoms with Crippen LogP contribution in [0.15, 0.2) is 42.9 Å². The van der Waals surface area contributed by atoms with Crippen LogP contribution in [-0.4, -0.2) is 80.4 Å². The van der Waals surface area contributed by atoms with E-state index in [0.717, 1.165) is 59.3 Å². The number of aromatic nitrogens is 6. The molecule has 7 rings (SSSR count). The third-order valence-electron chi connectivity index (χ3n) is 8.41. The van der Waals surface area contributed by atoms with Gasteiger partial charge in [-0.15, -0.1) is 5.10 Å². The molecular weight excluding hydrogens is 530 g/mol. The molecule has 0 amide bonds. The maximum absolute atomic E-state index is 12.2. The second-order valence-corrected chi connectivity index (χ2v) is 13.0. The van der Waals surface area contributed by atoms with Crippen molar-refractivity contribution in [3.05, 3.63) is 48.4 Å². The third kappa shape index (κ3) is 4.56. The first-order chi connectivity index (χ1) is 19.4. The van der Waals surface area contributed by atoms with Gasteiger partial charge in [0.2, 0.25) is 10.0 Å². The van der Waals surface area contributed by atoms with E-state index in [-0.39, 0.29) is 18.1 Å². The first kappa shape index (κ1) is 25.6. The molecule has 40 heavy (non-hydrogen) atoms. The SMILES string of the molecule is CS(=O)(=O)N1CC(NCc2cccc(-c3cc(-c4cnnn4C4CCOCC4)c4c(N)ncnn34)c2)C1C1CC1. The first-order valence-electron chi connectivity index (χ1n) is 13.8. The summed E-state index contributed by atoms with van der Waals surface area (Å²) in [7, 11) is -3.18. The fraction of sp³-hybridized carbons (Fsp3) is 0.481. The number of nitrogens with one attached hydrogen (secondary N) is 1. The minimum atomic E-state index is -3.18. The van der Waals surface area contributed by atoms with Gasteiger partial charge >= 0.3 is 0 Å². The van der Waals surface area contributed by atoms with Gasteiger partial charge in [0.15, 0.2) is 5.82 Å². The molecule has 3 aromatic heterocycles.